The zero-order chi connectivity index (χ0) is 29.7. The Bertz CT molecular complexity index is 531. The van der Waals surface area contributed by atoms with Crippen LogP contribution in [0.4, 0.5) is 0 Å². The van der Waals surface area contributed by atoms with E-state index in [0.717, 1.165) is 11.4 Å². The highest BCUT2D eigenvalue weighted by molar-refractivity contribution is 9.09. The van der Waals surface area contributed by atoms with E-state index in [2.05, 4.69) is 22.5 Å². The largest absolute Gasteiger partial charge is 0.460 e. The van der Waals surface area contributed by atoms with E-state index in [4.69, 9.17) is 56.8 Å². The summed E-state index contributed by atoms with van der Waals surface area (Å²) in [6.45, 7) is 14.7. The summed E-state index contributed by atoms with van der Waals surface area (Å²) in [6.07, 6.45) is 1.11. The Kier molecular flexibility index (Phi) is 36.6. The summed E-state index contributed by atoms with van der Waals surface area (Å²) in [7, 11) is 0. The van der Waals surface area contributed by atoms with E-state index < -0.39 is 5.97 Å². The molecule has 0 fully saturated rings. The van der Waals surface area contributed by atoms with Crippen molar-refractivity contribution in [3.63, 3.8) is 0 Å². The van der Waals surface area contributed by atoms with Crippen LogP contribution in [0.5, 0.6) is 0 Å². The Balaban J connectivity index is 3.04. The average Bonchev–Trinajstić information content (AvgIpc) is 2.99. The standard InChI is InChI=1S/C27H51BrO13/c1-2-27(29)41-26-25-40-24-23-39-22-21-38-20-19-37-18-17-36-16-15-35-14-13-34-12-11-33-10-9-32-8-7-31-6-5-30-4-3-28/h2H,1,3-26H2. The predicted octanol–water partition coefficient (Wildman–Crippen LogP) is 1.29. The maximum atomic E-state index is 10.8. The number of carbonyl (C=O) groups is 1. The number of esters is 1. The molecular weight excluding hydrogens is 612 g/mol. The van der Waals surface area contributed by atoms with Gasteiger partial charge in [0.25, 0.3) is 0 Å². The molecule has 0 saturated carbocycles. The van der Waals surface area contributed by atoms with Crippen LogP contribution < -0.4 is 0 Å². The summed E-state index contributed by atoms with van der Waals surface area (Å²) in [5.41, 5.74) is 0. The number of alkyl halides is 1. The van der Waals surface area contributed by atoms with Crippen molar-refractivity contribution in [2.24, 2.45) is 0 Å². The Morgan fingerprint density at radius 2 is 0.585 bits per heavy atom. The second-order valence-corrected chi connectivity index (χ2v) is 8.59. The molecule has 0 aromatic carbocycles. The number of rotatable bonds is 36. The topological polar surface area (TPSA) is 128 Å². The van der Waals surface area contributed by atoms with Gasteiger partial charge < -0.3 is 56.8 Å². The van der Waals surface area contributed by atoms with Crippen LogP contribution in [-0.4, -0.2) is 163 Å². The number of hydrogen-bond donors (Lipinski definition) is 0. The monoisotopic (exact) mass is 662 g/mol. The van der Waals surface area contributed by atoms with Gasteiger partial charge in [0.15, 0.2) is 0 Å². The predicted molar refractivity (Wildman–Crippen MR) is 154 cm³/mol. The van der Waals surface area contributed by atoms with Gasteiger partial charge in [-0.2, -0.15) is 0 Å². The molecule has 0 bridgehead atoms. The van der Waals surface area contributed by atoms with Crippen LogP contribution in [0.2, 0.25) is 0 Å². The van der Waals surface area contributed by atoms with Crippen molar-refractivity contribution in [2.75, 3.05) is 157 Å². The zero-order valence-corrected chi connectivity index (χ0v) is 26.0. The van der Waals surface area contributed by atoms with Gasteiger partial charge in [0.1, 0.15) is 6.61 Å². The lowest BCUT2D eigenvalue weighted by Gasteiger charge is -2.09. The lowest BCUT2D eigenvalue weighted by molar-refractivity contribution is -0.139. The van der Waals surface area contributed by atoms with Crippen LogP contribution in [0.3, 0.4) is 0 Å². The van der Waals surface area contributed by atoms with E-state index >= 15 is 0 Å². The molecule has 0 saturated heterocycles. The summed E-state index contributed by atoms with van der Waals surface area (Å²) in [6, 6.07) is 0. The molecular formula is C27H51BrO13. The molecule has 0 heterocycles. The third-order valence-electron chi connectivity index (χ3n) is 4.58. The third-order valence-corrected chi connectivity index (χ3v) is 4.90. The highest BCUT2D eigenvalue weighted by atomic mass is 79.9. The highest BCUT2D eigenvalue weighted by Crippen LogP contribution is 1.88. The van der Waals surface area contributed by atoms with Gasteiger partial charge in [-0.15, -0.1) is 0 Å². The zero-order valence-electron chi connectivity index (χ0n) is 24.4. The van der Waals surface area contributed by atoms with Crippen LogP contribution in [0.1, 0.15) is 0 Å². The number of carbonyl (C=O) groups excluding carboxylic acids is 1. The quantitative estimate of drug-likeness (QED) is 0.0414. The SMILES string of the molecule is C=CC(=O)OCCOCCOCCOCCOCCOCCOCCOCCOCCOCCOCCOCCBr. The van der Waals surface area contributed by atoms with E-state index in [1.54, 1.807) is 0 Å². The van der Waals surface area contributed by atoms with Crippen molar-refractivity contribution < 1.29 is 61.6 Å². The number of ether oxygens (including phenoxy) is 12. The number of hydrogen-bond acceptors (Lipinski definition) is 13. The molecule has 0 rings (SSSR count). The van der Waals surface area contributed by atoms with Crippen molar-refractivity contribution in [1.29, 1.82) is 0 Å². The van der Waals surface area contributed by atoms with Crippen molar-refractivity contribution in [3.8, 4) is 0 Å². The second-order valence-electron chi connectivity index (χ2n) is 7.80. The van der Waals surface area contributed by atoms with E-state index in [-0.39, 0.29) is 6.61 Å². The summed E-state index contributed by atoms with van der Waals surface area (Å²) in [5, 5.41) is 0.834. The Labute approximate surface area is 253 Å². The molecule has 0 N–H and O–H groups in total. The van der Waals surface area contributed by atoms with Gasteiger partial charge in [-0.1, -0.05) is 22.5 Å². The van der Waals surface area contributed by atoms with Gasteiger partial charge in [-0.3, -0.25) is 0 Å². The van der Waals surface area contributed by atoms with Crippen molar-refractivity contribution in [2.45, 2.75) is 0 Å². The van der Waals surface area contributed by atoms with Crippen molar-refractivity contribution >= 4 is 21.9 Å². The van der Waals surface area contributed by atoms with Crippen LogP contribution in [0.25, 0.3) is 0 Å². The molecule has 0 unspecified atom stereocenters. The van der Waals surface area contributed by atoms with E-state index in [0.29, 0.717) is 145 Å². The molecule has 0 radical (unpaired) electrons. The van der Waals surface area contributed by atoms with Crippen LogP contribution in [-0.2, 0) is 61.6 Å². The van der Waals surface area contributed by atoms with Gasteiger partial charge in [0.2, 0.25) is 0 Å². The van der Waals surface area contributed by atoms with Gasteiger partial charge in [-0.25, -0.2) is 4.79 Å². The molecule has 0 aliphatic heterocycles. The molecule has 0 aromatic heterocycles. The minimum Gasteiger partial charge on any atom is -0.460 e. The average molecular weight is 664 g/mol. The molecule has 14 heteroatoms. The molecule has 41 heavy (non-hydrogen) atoms. The molecule has 13 nitrogen and oxygen atoms in total. The van der Waals surface area contributed by atoms with Crippen LogP contribution in [0, 0.1) is 0 Å². The summed E-state index contributed by atoms with van der Waals surface area (Å²) >= 11 is 3.29. The Morgan fingerprint density at radius 1 is 0.390 bits per heavy atom. The minimum absolute atomic E-state index is 0.199. The Hall–Kier alpha value is -0.750. The number of halogens is 1. The molecule has 0 aromatic rings. The first-order valence-corrected chi connectivity index (χ1v) is 15.1. The first-order valence-electron chi connectivity index (χ1n) is 14.0. The van der Waals surface area contributed by atoms with Gasteiger partial charge in [0.05, 0.1) is 145 Å². The molecule has 0 amide bonds. The lowest BCUT2D eigenvalue weighted by atomic mass is 10.6. The highest BCUT2D eigenvalue weighted by Gasteiger charge is 1.97. The van der Waals surface area contributed by atoms with Gasteiger partial charge >= 0.3 is 5.97 Å². The third kappa shape index (κ3) is 37.2. The van der Waals surface area contributed by atoms with Crippen LogP contribution in [0.15, 0.2) is 12.7 Å². The summed E-state index contributed by atoms with van der Waals surface area (Å²) in [4.78, 5) is 10.8. The van der Waals surface area contributed by atoms with Crippen LogP contribution >= 0.6 is 15.9 Å². The first kappa shape index (κ1) is 40.2. The molecule has 0 spiro atoms. The van der Waals surface area contributed by atoms with E-state index in [9.17, 15) is 4.79 Å². The maximum absolute atomic E-state index is 10.8. The summed E-state index contributed by atoms with van der Waals surface area (Å²) in [5.74, 6) is -0.458. The lowest BCUT2D eigenvalue weighted by Crippen LogP contribution is -2.15. The maximum Gasteiger partial charge on any atom is 0.330 e. The minimum atomic E-state index is -0.458. The summed E-state index contributed by atoms with van der Waals surface area (Å²) < 4.78 is 64.1. The van der Waals surface area contributed by atoms with Gasteiger partial charge in [0, 0.05) is 11.4 Å². The fourth-order valence-electron chi connectivity index (χ4n) is 2.62. The van der Waals surface area contributed by atoms with Crippen molar-refractivity contribution in [3.05, 3.63) is 12.7 Å². The van der Waals surface area contributed by atoms with Crippen molar-refractivity contribution in [1.82, 2.24) is 0 Å². The fourth-order valence-corrected chi connectivity index (χ4v) is 2.84. The van der Waals surface area contributed by atoms with E-state index in [1.165, 1.54) is 0 Å². The second kappa shape index (κ2) is 37.3. The molecule has 0 aliphatic carbocycles. The molecule has 0 atom stereocenters. The first-order chi connectivity index (χ1) is 20.3. The normalized spacial score (nSPS) is 11.2. The van der Waals surface area contributed by atoms with Gasteiger partial charge in [-0.05, 0) is 0 Å². The molecule has 244 valence electrons. The molecule has 0 aliphatic rings. The van der Waals surface area contributed by atoms with E-state index in [1.807, 2.05) is 0 Å². The smallest absolute Gasteiger partial charge is 0.330 e. The Morgan fingerprint density at radius 3 is 0.780 bits per heavy atom. The fraction of sp³-hybridized carbons (Fsp3) is 0.889.